The molecule has 1 aromatic carbocycles. The van der Waals surface area contributed by atoms with Gasteiger partial charge in [0.15, 0.2) is 0 Å². The molecule has 0 saturated carbocycles. The maximum absolute atomic E-state index is 13.1. The number of amides is 3. The fourth-order valence-electron chi connectivity index (χ4n) is 4.30. The lowest BCUT2D eigenvalue weighted by Gasteiger charge is -2.31. The Hall–Kier alpha value is -2.85. The molecule has 4 atom stereocenters. The number of fused-ring (bicyclic) bond motifs is 1. The predicted octanol–water partition coefficient (Wildman–Crippen LogP) is 1.03. The molecule has 1 fully saturated rings. The Morgan fingerprint density at radius 3 is 2.77 bits per heavy atom. The Bertz CT molecular complexity index is 845. The van der Waals surface area contributed by atoms with Crippen molar-refractivity contribution >= 4 is 17.7 Å². The van der Waals surface area contributed by atoms with Crippen LogP contribution < -0.4 is 16.4 Å². The Balaban J connectivity index is 1.70. The quantitative estimate of drug-likeness (QED) is 0.609. The summed E-state index contributed by atoms with van der Waals surface area (Å²) in [4.78, 5) is 39.7. The summed E-state index contributed by atoms with van der Waals surface area (Å²) in [6, 6.07) is 5.94. The Morgan fingerprint density at radius 2 is 2.03 bits per heavy atom. The fourth-order valence-corrected chi connectivity index (χ4v) is 4.30. The van der Waals surface area contributed by atoms with E-state index < -0.39 is 24.0 Å². The van der Waals surface area contributed by atoms with Crippen LogP contribution in [0.5, 0.6) is 0 Å². The lowest BCUT2D eigenvalue weighted by molar-refractivity contribution is -0.141. The molecule has 0 spiro atoms. The maximum Gasteiger partial charge on any atom is 0.246 e. The van der Waals surface area contributed by atoms with Crippen molar-refractivity contribution < 1.29 is 14.4 Å². The Kier molecular flexibility index (Phi) is 7.11. The Morgan fingerprint density at radius 1 is 1.27 bits per heavy atom. The van der Waals surface area contributed by atoms with Gasteiger partial charge in [-0.2, -0.15) is 0 Å². The van der Waals surface area contributed by atoms with E-state index in [2.05, 4.69) is 28.7 Å². The molecule has 3 rings (SSSR count). The van der Waals surface area contributed by atoms with E-state index in [1.54, 1.807) is 11.8 Å². The van der Waals surface area contributed by atoms with Crippen molar-refractivity contribution in [2.24, 2.45) is 5.73 Å². The molecule has 4 N–H and O–H groups in total. The molecule has 160 valence electrons. The molecule has 0 aromatic heterocycles. The van der Waals surface area contributed by atoms with Crippen molar-refractivity contribution in [1.82, 2.24) is 15.5 Å². The van der Waals surface area contributed by atoms with Crippen LogP contribution in [0.15, 0.2) is 24.3 Å². The monoisotopic (exact) mass is 410 g/mol. The molecule has 0 radical (unpaired) electrons. The smallest absolute Gasteiger partial charge is 0.246 e. The molecule has 1 aliphatic carbocycles. The van der Waals surface area contributed by atoms with Gasteiger partial charge in [-0.1, -0.05) is 24.3 Å². The SMILES string of the molecule is C#CC[C@H](NC(=O)[C@H](C)N)C(=O)N1CCC[C@H]1C(=O)N[C@@H]1CCCc2ccccc21. The zero-order chi connectivity index (χ0) is 21.7. The molecule has 7 heteroatoms. The topological polar surface area (TPSA) is 105 Å². The van der Waals surface area contributed by atoms with Crippen molar-refractivity contribution in [2.45, 2.75) is 69.6 Å². The molecule has 7 nitrogen and oxygen atoms in total. The van der Waals surface area contributed by atoms with Gasteiger partial charge in [-0.25, -0.2) is 0 Å². The average molecular weight is 411 g/mol. The Labute approximate surface area is 177 Å². The lowest BCUT2D eigenvalue weighted by atomic mass is 9.87. The largest absolute Gasteiger partial charge is 0.347 e. The van der Waals surface area contributed by atoms with Gasteiger partial charge < -0.3 is 21.3 Å². The van der Waals surface area contributed by atoms with Gasteiger partial charge in [0, 0.05) is 13.0 Å². The summed E-state index contributed by atoms with van der Waals surface area (Å²) in [7, 11) is 0. The van der Waals surface area contributed by atoms with Crippen molar-refractivity contribution in [2.75, 3.05) is 6.54 Å². The molecule has 1 aliphatic heterocycles. The van der Waals surface area contributed by atoms with Crippen molar-refractivity contribution in [1.29, 1.82) is 0 Å². The van der Waals surface area contributed by atoms with E-state index in [0.717, 1.165) is 31.2 Å². The van der Waals surface area contributed by atoms with Gasteiger partial charge in [0.05, 0.1) is 12.1 Å². The highest BCUT2D eigenvalue weighted by molar-refractivity contribution is 5.93. The minimum Gasteiger partial charge on any atom is -0.347 e. The van der Waals surface area contributed by atoms with Crippen LogP contribution in [0, 0.1) is 12.3 Å². The number of likely N-dealkylation sites (tertiary alicyclic amines) is 1. The standard InChI is InChI=1S/C23H30N4O3/c1-3-8-19(26-21(28)15(2)24)23(30)27-14-7-13-20(27)22(29)25-18-12-6-10-16-9-4-5-11-17(16)18/h1,4-5,9,11,15,18-20H,6-8,10,12-14,24H2,2H3,(H,25,29)(H,26,28)/t15-,18+,19-,20-/m0/s1. The normalized spacial score (nSPS) is 22.4. The van der Waals surface area contributed by atoms with E-state index in [0.29, 0.717) is 13.0 Å². The number of aryl methyl sites for hydroxylation is 1. The zero-order valence-electron chi connectivity index (χ0n) is 17.4. The number of carbonyl (C=O) groups is 3. The first-order valence-corrected chi connectivity index (χ1v) is 10.6. The van der Waals surface area contributed by atoms with Crippen molar-refractivity contribution in [3.05, 3.63) is 35.4 Å². The number of nitrogens with zero attached hydrogens (tertiary/aromatic N) is 1. The molecule has 0 unspecified atom stereocenters. The van der Waals surface area contributed by atoms with Crippen LogP contribution in [-0.4, -0.2) is 47.3 Å². The summed E-state index contributed by atoms with van der Waals surface area (Å²) in [5.41, 5.74) is 8.02. The third kappa shape index (κ3) is 4.82. The van der Waals surface area contributed by atoms with E-state index in [9.17, 15) is 14.4 Å². The van der Waals surface area contributed by atoms with Crippen LogP contribution in [0.3, 0.4) is 0 Å². The second-order valence-electron chi connectivity index (χ2n) is 8.10. The van der Waals surface area contributed by atoms with E-state index in [4.69, 9.17) is 12.2 Å². The average Bonchev–Trinajstić information content (AvgIpc) is 3.23. The maximum atomic E-state index is 13.1. The summed E-state index contributed by atoms with van der Waals surface area (Å²) in [6.07, 6.45) is 9.69. The summed E-state index contributed by atoms with van der Waals surface area (Å²) < 4.78 is 0. The van der Waals surface area contributed by atoms with Gasteiger partial charge in [0.25, 0.3) is 0 Å². The molecule has 0 bridgehead atoms. The highest BCUT2D eigenvalue weighted by Crippen LogP contribution is 2.30. The highest BCUT2D eigenvalue weighted by atomic mass is 16.2. The molecular weight excluding hydrogens is 380 g/mol. The van der Waals surface area contributed by atoms with E-state index in [1.165, 1.54) is 5.56 Å². The first kappa shape index (κ1) is 21.8. The van der Waals surface area contributed by atoms with Crippen LogP contribution in [0.4, 0.5) is 0 Å². The number of rotatable bonds is 6. The number of carbonyl (C=O) groups excluding carboxylic acids is 3. The van der Waals surface area contributed by atoms with E-state index >= 15 is 0 Å². The van der Waals surface area contributed by atoms with E-state index in [1.807, 2.05) is 12.1 Å². The second-order valence-corrected chi connectivity index (χ2v) is 8.10. The first-order chi connectivity index (χ1) is 14.4. The third-order valence-electron chi connectivity index (χ3n) is 5.87. The number of nitrogens with one attached hydrogen (secondary N) is 2. The first-order valence-electron chi connectivity index (χ1n) is 10.6. The van der Waals surface area contributed by atoms with Gasteiger partial charge in [0.2, 0.25) is 17.7 Å². The van der Waals surface area contributed by atoms with Crippen molar-refractivity contribution in [3.63, 3.8) is 0 Å². The highest BCUT2D eigenvalue weighted by Gasteiger charge is 2.38. The van der Waals surface area contributed by atoms with Crippen LogP contribution in [0.25, 0.3) is 0 Å². The molecule has 1 heterocycles. The number of terminal acetylenes is 1. The van der Waals surface area contributed by atoms with Gasteiger partial charge >= 0.3 is 0 Å². The van der Waals surface area contributed by atoms with Gasteiger partial charge in [-0.15, -0.1) is 12.3 Å². The fraction of sp³-hybridized carbons (Fsp3) is 0.522. The minimum absolute atomic E-state index is 0.0423. The predicted molar refractivity (Wildman–Crippen MR) is 114 cm³/mol. The molecule has 1 saturated heterocycles. The molecule has 1 aromatic rings. The van der Waals surface area contributed by atoms with Crippen LogP contribution in [-0.2, 0) is 20.8 Å². The van der Waals surface area contributed by atoms with Crippen molar-refractivity contribution in [3.8, 4) is 12.3 Å². The number of hydrogen-bond acceptors (Lipinski definition) is 4. The summed E-state index contributed by atoms with van der Waals surface area (Å²) in [5.74, 6) is 1.51. The van der Waals surface area contributed by atoms with Crippen LogP contribution in [0.2, 0.25) is 0 Å². The van der Waals surface area contributed by atoms with Gasteiger partial charge in [0.1, 0.15) is 12.1 Å². The summed E-state index contributed by atoms with van der Waals surface area (Å²) in [6.45, 7) is 2.01. The number of hydrogen-bond donors (Lipinski definition) is 3. The number of nitrogens with two attached hydrogens (primary N) is 1. The molecular formula is C23H30N4O3. The molecule has 3 amide bonds. The number of benzene rings is 1. The van der Waals surface area contributed by atoms with Gasteiger partial charge in [-0.3, -0.25) is 14.4 Å². The second kappa shape index (κ2) is 9.77. The lowest BCUT2D eigenvalue weighted by Crippen LogP contribution is -2.55. The van der Waals surface area contributed by atoms with Crippen LogP contribution in [0.1, 0.15) is 56.2 Å². The van der Waals surface area contributed by atoms with Gasteiger partial charge in [-0.05, 0) is 50.2 Å². The minimum atomic E-state index is -0.877. The zero-order valence-corrected chi connectivity index (χ0v) is 17.4. The summed E-state index contributed by atoms with van der Waals surface area (Å²) in [5, 5.41) is 5.77. The third-order valence-corrected chi connectivity index (χ3v) is 5.87. The molecule has 2 aliphatic rings. The summed E-state index contributed by atoms with van der Waals surface area (Å²) >= 11 is 0. The van der Waals surface area contributed by atoms with Crippen LogP contribution >= 0.6 is 0 Å². The molecule has 30 heavy (non-hydrogen) atoms. The van der Waals surface area contributed by atoms with E-state index in [-0.39, 0.29) is 24.3 Å².